The molecule has 0 radical (unpaired) electrons. The van der Waals surface area contributed by atoms with Gasteiger partial charge < -0.3 is 9.88 Å². The third-order valence-electron chi connectivity index (χ3n) is 5.79. The second kappa shape index (κ2) is 8.69. The van der Waals surface area contributed by atoms with E-state index in [0.717, 1.165) is 56.2 Å². The Morgan fingerprint density at radius 1 is 1.17 bits per heavy atom. The number of nitrogens with one attached hydrogen (secondary N) is 1. The van der Waals surface area contributed by atoms with E-state index in [1.54, 1.807) is 0 Å². The summed E-state index contributed by atoms with van der Waals surface area (Å²) in [4.78, 5) is 19.1. The Labute approximate surface area is 171 Å². The molecule has 1 amide bonds. The Morgan fingerprint density at radius 3 is 2.90 bits per heavy atom. The molecular formula is C22H28N6O. The summed E-state index contributed by atoms with van der Waals surface area (Å²) in [7, 11) is 0. The molecule has 1 atom stereocenters. The van der Waals surface area contributed by atoms with Crippen molar-refractivity contribution in [2.75, 3.05) is 13.1 Å². The molecule has 1 aromatic carbocycles. The van der Waals surface area contributed by atoms with E-state index in [4.69, 9.17) is 0 Å². The van der Waals surface area contributed by atoms with Gasteiger partial charge in [0.05, 0.1) is 12.1 Å². The lowest BCUT2D eigenvalue weighted by molar-refractivity contribution is -0.124. The largest absolute Gasteiger partial charge is 0.349 e. The number of carbonyl (C=O) groups excluding carboxylic acids is 1. The Hall–Kier alpha value is -2.80. The van der Waals surface area contributed by atoms with Crippen molar-refractivity contribution in [3.63, 3.8) is 0 Å². The molecule has 2 aromatic heterocycles. The number of hydrogen-bond acceptors (Lipinski definition) is 5. The monoisotopic (exact) mass is 392 g/mol. The van der Waals surface area contributed by atoms with Crippen molar-refractivity contribution >= 4 is 16.8 Å². The van der Waals surface area contributed by atoms with Gasteiger partial charge in [-0.25, -0.2) is 0 Å². The quantitative estimate of drug-likeness (QED) is 0.698. The molecule has 0 fully saturated rings. The van der Waals surface area contributed by atoms with Gasteiger partial charge in [-0.1, -0.05) is 38.1 Å². The van der Waals surface area contributed by atoms with Gasteiger partial charge in [-0.15, -0.1) is 10.2 Å². The average Bonchev–Trinajstić information content (AvgIpc) is 3.03. The Bertz CT molecular complexity index is 993. The summed E-state index contributed by atoms with van der Waals surface area (Å²) in [6, 6.07) is 10.5. The van der Waals surface area contributed by atoms with Crippen LogP contribution < -0.4 is 5.32 Å². The summed E-state index contributed by atoms with van der Waals surface area (Å²) in [5.41, 5.74) is 2.33. The Kier molecular flexibility index (Phi) is 5.85. The summed E-state index contributed by atoms with van der Waals surface area (Å²) >= 11 is 0. The van der Waals surface area contributed by atoms with Crippen molar-refractivity contribution in [1.29, 1.82) is 0 Å². The molecule has 0 aliphatic carbocycles. The number of hydrogen-bond donors (Lipinski definition) is 1. The van der Waals surface area contributed by atoms with E-state index in [1.807, 2.05) is 26.1 Å². The molecule has 3 heterocycles. The number of fused-ring (bicyclic) bond motifs is 2. The van der Waals surface area contributed by atoms with Gasteiger partial charge in [0.15, 0.2) is 5.82 Å². The van der Waals surface area contributed by atoms with E-state index in [9.17, 15) is 4.79 Å². The maximum absolute atomic E-state index is 12.1. The third kappa shape index (κ3) is 4.29. The average molecular weight is 393 g/mol. The minimum atomic E-state index is 0.0197. The van der Waals surface area contributed by atoms with Crippen LogP contribution in [-0.2, 0) is 30.8 Å². The highest BCUT2D eigenvalue weighted by molar-refractivity contribution is 5.81. The maximum Gasteiger partial charge on any atom is 0.223 e. The number of amides is 1. The van der Waals surface area contributed by atoms with Crippen molar-refractivity contribution in [1.82, 2.24) is 30.0 Å². The normalized spacial score (nSPS) is 15.7. The molecule has 1 N–H and O–H groups in total. The van der Waals surface area contributed by atoms with Crippen LogP contribution >= 0.6 is 0 Å². The Morgan fingerprint density at radius 2 is 2.03 bits per heavy atom. The predicted octanol–water partition coefficient (Wildman–Crippen LogP) is 2.55. The van der Waals surface area contributed by atoms with Gasteiger partial charge in [0.25, 0.3) is 0 Å². The number of aromatic nitrogens is 4. The first-order valence-corrected chi connectivity index (χ1v) is 10.4. The highest BCUT2D eigenvalue weighted by Gasteiger charge is 2.20. The zero-order chi connectivity index (χ0) is 20.2. The van der Waals surface area contributed by atoms with Crippen LogP contribution in [-0.4, -0.2) is 43.6 Å². The van der Waals surface area contributed by atoms with Gasteiger partial charge >= 0.3 is 0 Å². The summed E-state index contributed by atoms with van der Waals surface area (Å²) < 4.78 is 2.16. The van der Waals surface area contributed by atoms with E-state index in [-0.39, 0.29) is 11.8 Å². The molecule has 0 saturated carbocycles. The van der Waals surface area contributed by atoms with Crippen molar-refractivity contribution in [2.45, 2.75) is 46.3 Å². The molecule has 29 heavy (non-hydrogen) atoms. The minimum Gasteiger partial charge on any atom is -0.349 e. The molecule has 0 spiro atoms. The van der Waals surface area contributed by atoms with Gasteiger partial charge in [0.1, 0.15) is 5.82 Å². The van der Waals surface area contributed by atoms with Gasteiger partial charge in [0, 0.05) is 50.1 Å². The molecule has 7 heteroatoms. The molecule has 7 nitrogen and oxygen atoms in total. The molecule has 4 rings (SSSR count). The number of rotatable bonds is 6. The first-order chi connectivity index (χ1) is 14.2. The first kappa shape index (κ1) is 19.5. The lowest BCUT2D eigenvalue weighted by Gasteiger charge is -2.20. The van der Waals surface area contributed by atoms with E-state index in [2.05, 4.69) is 54.2 Å². The van der Waals surface area contributed by atoms with E-state index >= 15 is 0 Å². The molecule has 0 saturated heterocycles. The fourth-order valence-corrected chi connectivity index (χ4v) is 3.78. The minimum absolute atomic E-state index is 0.0197. The van der Waals surface area contributed by atoms with Crippen LogP contribution in [0.15, 0.2) is 36.5 Å². The zero-order valence-electron chi connectivity index (χ0n) is 17.1. The summed E-state index contributed by atoms with van der Waals surface area (Å²) in [5, 5.41) is 12.9. The second-order valence-electron chi connectivity index (χ2n) is 7.73. The van der Waals surface area contributed by atoms with Crippen LogP contribution in [0.2, 0.25) is 0 Å². The summed E-state index contributed by atoms with van der Waals surface area (Å²) in [6.45, 7) is 7.94. The van der Waals surface area contributed by atoms with Crippen LogP contribution in [0.5, 0.6) is 0 Å². The Balaban J connectivity index is 1.42. The molecule has 3 aromatic rings. The van der Waals surface area contributed by atoms with E-state index in [0.29, 0.717) is 6.54 Å². The molecule has 1 aliphatic heterocycles. The standard InChI is InChI=1S/C22H28N6O/c1-3-16(2)22(29)24-14-20-26-25-19-9-11-27(12-13-28(19)20)15-18-7-4-6-17-8-5-10-23-21(17)18/h4-8,10,16H,3,9,11-15H2,1-2H3,(H,24,29). The molecule has 1 aliphatic rings. The van der Waals surface area contributed by atoms with Crippen LogP contribution in [0, 0.1) is 5.92 Å². The predicted molar refractivity (Wildman–Crippen MR) is 112 cm³/mol. The number of nitrogens with zero attached hydrogens (tertiary/aromatic N) is 5. The number of para-hydroxylation sites is 1. The lowest BCUT2D eigenvalue weighted by Crippen LogP contribution is -2.30. The lowest BCUT2D eigenvalue weighted by atomic mass is 10.1. The van der Waals surface area contributed by atoms with Crippen LogP contribution in [0.3, 0.4) is 0 Å². The fourth-order valence-electron chi connectivity index (χ4n) is 3.78. The van der Waals surface area contributed by atoms with Crippen molar-refractivity contribution in [3.05, 3.63) is 53.7 Å². The molecule has 152 valence electrons. The number of pyridine rings is 1. The van der Waals surface area contributed by atoms with E-state index in [1.165, 1.54) is 10.9 Å². The van der Waals surface area contributed by atoms with Gasteiger partial charge in [-0.2, -0.15) is 0 Å². The smallest absolute Gasteiger partial charge is 0.223 e. The van der Waals surface area contributed by atoms with Gasteiger partial charge in [0.2, 0.25) is 5.91 Å². The molecule has 1 unspecified atom stereocenters. The maximum atomic E-state index is 12.1. The number of carbonyl (C=O) groups is 1. The van der Waals surface area contributed by atoms with Crippen molar-refractivity contribution in [3.8, 4) is 0 Å². The molecular weight excluding hydrogens is 364 g/mol. The van der Waals surface area contributed by atoms with Crippen molar-refractivity contribution in [2.24, 2.45) is 5.92 Å². The molecule has 0 bridgehead atoms. The van der Waals surface area contributed by atoms with Gasteiger partial charge in [-0.05, 0) is 18.1 Å². The summed E-state index contributed by atoms with van der Waals surface area (Å²) in [6.07, 6.45) is 3.54. The number of benzene rings is 1. The van der Waals surface area contributed by atoms with Crippen LogP contribution in [0.1, 0.15) is 37.5 Å². The van der Waals surface area contributed by atoms with Gasteiger partial charge in [-0.3, -0.25) is 14.7 Å². The fraction of sp³-hybridized carbons (Fsp3) is 0.455. The third-order valence-corrected chi connectivity index (χ3v) is 5.79. The SMILES string of the molecule is CCC(C)C(=O)NCc1nnc2n1CCN(Cc1cccc3cccnc13)CC2. The zero-order valence-corrected chi connectivity index (χ0v) is 17.1. The second-order valence-corrected chi connectivity index (χ2v) is 7.73. The highest BCUT2D eigenvalue weighted by atomic mass is 16.1. The van der Waals surface area contributed by atoms with Crippen molar-refractivity contribution < 1.29 is 4.79 Å². The summed E-state index contributed by atoms with van der Waals surface area (Å²) in [5.74, 6) is 1.93. The highest BCUT2D eigenvalue weighted by Crippen LogP contribution is 2.19. The van der Waals surface area contributed by atoms with Crippen LogP contribution in [0.25, 0.3) is 10.9 Å². The topological polar surface area (TPSA) is 75.9 Å². The first-order valence-electron chi connectivity index (χ1n) is 10.4. The van der Waals surface area contributed by atoms with Crippen LogP contribution in [0.4, 0.5) is 0 Å². The van der Waals surface area contributed by atoms with E-state index < -0.39 is 0 Å².